The maximum atomic E-state index is 10.9. The van der Waals surface area contributed by atoms with Crippen molar-refractivity contribution in [3.8, 4) is 11.5 Å². The quantitative estimate of drug-likeness (QED) is 0.870. The number of imidazole rings is 1. The van der Waals surface area contributed by atoms with Crippen molar-refractivity contribution in [3.63, 3.8) is 0 Å². The molecule has 0 spiro atoms. The Hall–Kier alpha value is -2.05. The molecule has 1 aliphatic rings. The summed E-state index contributed by atoms with van der Waals surface area (Å²) in [4.78, 5) is 6.59. The predicted molar refractivity (Wildman–Crippen MR) is 96.0 cm³/mol. The maximum Gasteiger partial charge on any atom is 0.165 e. The molecule has 0 saturated carbocycles. The number of methoxy groups -OCH3 is 2. The highest BCUT2D eigenvalue weighted by atomic mass is 16.5. The molecule has 0 radical (unpaired) electrons. The average Bonchev–Trinajstić information content (AvgIpc) is 3.01. The third-order valence-electron chi connectivity index (χ3n) is 5.05. The SMILES string of the molecule is COc1cccc(CN2CCC(O)(Cn3ccnc3C)CC2)c1OC. The third kappa shape index (κ3) is 3.96. The molecule has 3 rings (SSSR count). The van der Waals surface area contributed by atoms with Gasteiger partial charge in [0.1, 0.15) is 5.82 Å². The molecular formula is C19H27N3O3. The molecule has 1 aliphatic heterocycles. The van der Waals surface area contributed by atoms with Crippen LogP contribution in [0.15, 0.2) is 30.6 Å². The molecule has 0 unspecified atom stereocenters. The number of ether oxygens (including phenoxy) is 2. The van der Waals surface area contributed by atoms with E-state index >= 15 is 0 Å². The van der Waals surface area contributed by atoms with Crippen molar-refractivity contribution in [2.24, 2.45) is 0 Å². The topological polar surface area (TPSA) is 59.8 Å². The van der Waals surface area contributed by atoms with E-state index in [0.717, 1.165) is 55.4 Å². The molecule has 1 aromatic heterocycles. The number of benzene rings is 1. The fourth-order valence-corrected chi connectivity index (χ4v) is 3.49. The minimum Gasteiger partial charge on any atom is -0.493 e. The largest absolute Gasteiger partial charge is 0.493 e. The lowest BCUT2D eigenvalue weighted by Crippen LogP contribution is -2.46. The monoisotopic (exact) mass is 345 g/mol. The number of aromatic nitrogens is 2. The molecule has 2 aromatic rings. The van der Waals surface area contributed by atoms with Crippen LogP contribution in [0.25, 0.3) is 0 Å². The van der Waals surface area contributed by atoms with Crippen LogP contribution in [0.2, 0.25) is 0 Å². The van der Waals surface area contributed by atoms with Gasteiger partial charge in [-0.2, -0.15) is 0 Å². The first kappa shape index (κ1) is 17.8. The Balaban J connectivity index is 1.62. The van der Waals surface area contributed by atoms with Crippen molar-refractivity contribution >= 4 is 0 Å². The van der Waals surface area contributed by atoms with E-state index in [1.165, 1.54) is 0 Å². The number of hydrogen-bond donors (Lipinski definition) is 1. The normalized spacial score (nSPS) is 17.4. The van der Waals surface area contributed by atoms with E-state index in [2.05, 4.69) is 16.0 Å². The molecule has 2 heterocycles. The van der Waals surface area contributed by atoms with Gasteiger partial charge in [-0.25, -0.2) is 4.98 Å². The molecule has 136 valence electrons. The van der Waals surface area contributed by atoms with E-state index in [1.54, 1.807) is 20.4 Å². The van der Waals surface area contributed by atoms with Gasteiger partial charge in [0, 0.05) is 37.6 Å². The Morgan fingerprint density at radius 3 is 2.56 bits per heavy atom. The minimum absolute atomic E-state index is 0.606. The standard InChI is InChI=1S/C19H27N3O3/c1-15-20-9-12-22(15)14-19(23)7-10-21(11-8-19)13-16-5-4-6-17(24-2)18(16)25-3/h4-6,9,12,23H,7-8,10-11,13-14H2,1-3H3. The van der Waals surface area contributed by atoms with Gasteiger partial charge in [0.15, 0.2) is 11.5 Å². The second-order valence-electron chi connectivity index (χ2n) is 6.76. The van der Waals surface area contributed by atoms with Crippen molar-refractivity contribution in [2.75, 3.05) is 27.3 Å². The summed E-state index contributed by atoms with van der Waals surface area (Å²) in [5, 5.41) is 10.9. The van der Waals surface area contributed by atoms with E-state index in [4.69, 9.17) is 9.47 Å². The van der Waals surface area contributed by atoms with Crippen molar-refractivity contribution < 1.29 is 14.6 Å². The van der Waals surface area contributed by atoms with Crippen LogP contribution >= 0.6 is 0 Å². The second-order valence-corrected chi connectivity index (χ2v) is 6.76. The van der Waals surface area contributed by atoms with Gasteiger partial charge in [0.25, 0.3) is 0 Å². The van der Waals surface area contributed by atoms with Crippen LogP contribution in [0, 0.1) is 6.92 Å². The van der Waals surface area contributed by atoms with E-state index < -0.39 is 5.60 Å². The van der Waals surface area contributed by atoms with Crippen LogP contribution in [-0.2, 0) is 13.1 Å². The minimum atomic E-state index is -0.666. The summed E-state index contributed by atoms with van der Waals surface area (Å²) < 4.78 is 12.9. The summed E-state index contributed by atoms with van der Waals surface area (Å²) in [6.07, 6.45) is 5.21. The van der Waals surface area contributed by atoms with Gasteiger partial charge in [0.2, 0.25) is 0 Å². The Morgan fingerprint density at radius 2 is 1.96 bits per heavy atom. The number of likely N-dealkylation sites (tertiary alicyclic amines) is 1. The van der Waals surface area contributed by atoms with E-state index in [0.29, 0.717) is 6.54 Å². The van der Waals surface area contributed by atoms with Gasteiger partial charge >= 0.3 is 0 Å². The summed E-state index contributed by atoms with van der Waals surface area (Å²) in [7, 11) is 3.32. The Kier molecular flexibility index (Phi) is 5.30. The van der Waals surface area contributed by atoms with Gasteiger partial charge < -0.3 is 19.1 Å². The number of nitrogens with zero attached hydrogens (tertiary/aromatic N) is 3. The van der Waals surface area contributed by atoms with Crippen LogP contribution < -0.4 is 9.47 Å². The Bertz CT molecular complexity index is 706. The second kappa shape index (κ2) is 7.45. The van der Waals surface area contributed by atoms with Crippen LogP contribution in [0.3, 0.4) is 0 Å². The predicted octanol–water partition coefficient (Wildman–Crippen LogP) is 2.24. The van der Waals surface area contributed by atoms with E-state index in [9.17, 15) is 5.11 Å². The van der Waals surface area contributed by atoms with Gasteiger partial charge in [-0.15, -0.1) is 0 Å². The average molecular weight is 345 g/mol. The Labute approximate surface area is 149 Å². The molecule has 6 nitrogen and oxygen atoms in total. The fraction of sp³-hybridized carbons (Fsp3) is 0.526. The highest BCUT2D eigenvalue weighted by molar-refractivity contribution is 5.46. The number of aliphatic hydroxyl groups is 1. The van der Waals surface area contributed by atoms with Crippen molar-refractivity contribution in [3.05, 3.63) is 42.0 Å². The molecule has 1 aromatic carbocycles. The third-order valence-corrected chi connectivity index (χ3v) is 5.05. The molecule has 6 heteroatoms. The molecule has 0 aliphatic carbocycles. The van der Waals surface area contributed by atoms with Crippen molar-refractivity contribution in [1.82, 2.24) is 14.5 Å². The molecule has 0 amide bonds. The van der Waals surface area contributed by atoms with Crippen LogP contribution in [0.4, 0.5) is 0 Å². The van der Waals surface area contributed by atoms with Gasteiger partial charge in [-0.3, -0.25) is 4.90 Å². The number of piperidine rings is 1. The van der Waals surface area contributed by atoms with Crippen LogP contribution in [0.5, 0.6) is 11.5 Å². The summed E-state index contributed by atoms with van der Waals surface area (Å²) in [5.41, 5.74) is 0.443. The lowest BCUT2D eigenvalue weighted by Gasteiger charge is -2.38. The highest BCUT2D eigenvalue weighted by Crippen LogP contribution is 2.33. The number of hydrogen-bond acceptors (Lipinski definition) is 5. The smallest absolute Gasteiger partial charge is 0.165 e. The first-order valence-electron chi connectivity index (χ1n) is 8.67. The van der Waals surface area contributed by atoms with Crippen LogP contribution in [0.1, 0.15) is 24.2 Å². The summed E-state index contributed by atoms with van der Waals surface area (Å²) in [5.74, 6) is 2.49. The summed E-state index contributed by atoms with van der Waals surface area (Å²) in [6.45, 7) is 5.07. The van der Waals surface area contributed by atoms with Gasteiger partial charge in [0.05, 0.1) is 26.4 Å². The van der Waals surface area contributed by atoms with E-state index in [-0.39, 0.29) is 0 Å². The highest BCUT2D eigenvalue weighted by Gasteiger charge is 2.33. The lowest BCUT2D eigenvalue weighted by molar-refractivity contribution is -0.0362. The number of rotatable bonds is 6. The van der Waals surface area contributed by atoms with Gasteiger partial charge in [-0.05, 0) is 25.8 Å². The molecule has 0 bridgehead atoms. The maximum absolute atomic E-state index is 10.9. The van der Waals surface area contributed by atoms with Crippen molar-refractivity contribution in [1.29, 1.82) is 0 Å². The Morgan fingerprint density at radius 1 is 1.20 bits per heavy atom. The molecule has 1 N–H and O–H groups in total. The molecule has 1 fully saturated rings. The van der Waals surface area contributed by atoms with Crippen molar-refractivity contribution in [2.45, 2.75) is 38.5 Å². The lowest BCUT2D eigenvalue weighted by atomic mass is 9.91. The zero-order valence-electron chi connectivity index (χ0n) is 15.2. The molecule has 25 heavy (non-hydrogen) atoms. The number of aryl methyl sites for hydroxylation is 1. The first-order chi connectivity index (χ1) is 12.0. The fourth-order valence-electron chi connectivity index (χ4n) is 3.49. The summed E-state index contributed by atoms with van der Waals surface area (Å²) >= 11 is 0. The molecule has 1 saturated heterocycles. The zero-order chi connectivity index (χ0) is 17.9. The molecular weight excluding hydrogens is 318 g/mol. The first-order valence-corrected chi connectivity index (χ1v) is 8.67. The van der Waals surface area contributed by atoms with Crippen LogP contribution in [-0.4, -0.2) is 52.5 Å². The molecule has 0 atom stereocenters. The van der Waals surface area contributed by atoms with Gasteiger partial charge in [-0.1, -0.05) is 12.1 Å². The zero-order valence-corrected chi connectivity index (χ0v) is 15.2. The van der Waals surface area contributed by atoms with E-state index in [1.807, 2.05) is 29.8 Å². The number of para-hydroxylation sites is 1. The summed E-state index contributed by atoms with van der Waals surface area (Å²) in [6, 6.07) is 5.96.